The van der Waals surface area contributed by atoms with Crippen LogP contribution in [-0.4, -0.2) is 38.5 Å². The largest absolute Gasteiger partial charge is 0.476 e. The molecule has 0 atom stereocenters. The molecule has 0 unspecified atom stereocenters. The second kappa shape index (κ2) is 6.79. The van der Waals surface area contributed by atoms with Crippen LogP contribution in [0.5, 0.6) is 0 Å². The first-order valence-electron chi connectivity index (χ1n) is 6.72. The zero-order chi connectivity index (χ0) is 16.1. The smallest absolute Gasteiger partial charge is 0.358 e. The topological polar surface area (TPSA) is 97.1 Å². The van der Waals surface area contributed by atoms with Gasteiger partial charge in [-0.05, 0) is 30.7 Å². The fourth-order valence-corrected chi connectivity index (χ4v) is 1.92. The molecule has 22 heavy (non-hydrogen) atoms. The van der Waals surface area contributed by atoms with Gasteiger partial charge in [-0.1, -0.05) is 12.1 Å². The minimum Gasteiger partial charge on any atom is -0.476 e. The number of nitrogens with one attached hydrogen (secondary N) is 1. The third kappa shape index (κ3) is 3.46. The molecule has 1 heterocycles. The van der Waals surface area contributed by atoms with Crippen molar-refractivity contribution in [3.63, 3.8) is 0 Å². The van der Waals surface area contributed by atoms with Gasteiger partial charge in [0.1, 0.15) is 18.1 Å². The highest BCUT2D eigenvalue weighted by Crippen LogP contribution is 2.22. The van der Waals surface area contributed by atoms with Crippen LogP contribution in [0.4, 0.5) is 4.39 Å². The summed E-state index contributed by atoms with van der Waals surface area (Å²) in [5.41, 5.74) is 0.307. The molecule has 1 amide bonds. The molecule has 0 saturated carbocycles. The Kier molecular flexibility index (Phi) is 4.82. The summed E-state index contributed by atoms with van der Waals surface area (Å²) in [4.78, 5) is 23.0. The van der Waals surface area contributed by atoms with Gasteiger partial charge in [0.05, 0.1) is 0 Å². The Morgan fingerprint density at radius 1 is 1.32 bits per heavy atom. The SMILES string of the molecule is CCCNC(=O)Cn1nnc(C(=O)O)c1-c1ccc(F)cc1. The highest BCUT2D eigenvalue weighted by atomic mass is 19.1. The quantitative estimate of drug-likeness (QED) is 0.838. The van der Waals surface area contributed by atoms with Crippen molar-refractivity contribution in [2.75, 3.05) is 6.54 Å². The molecule has 116 valence electrons. The summed E-state index contributed by atoms with van der Waals surface area (Å²) in [5, 5.41) is 19.2. The first kappa shape index (κ1) is 15.6. The average Bonchev–Trinajstić information content (AvgIpc) is 2.89. The van der Waals surface area contributed by atoms with Gasteiger partial charge >= 0.3 is 5.97 Å². The van der Waals surface area contributed by atoms with Crippen molar-refractivity contribution in [2.24, 2.45) is 0 Å². The predicted octanol–water partition coefficient (Wildman–Crippen LogP) is 1.31. The molecule has 7 nitrogen and oxygen atoms in total. The Balaban J connectivity index is 2.36. The van der Waals surface area contributed by atoms with Gasteiger partial charge in [0.15, 0.2) is 5.69 Å². The molecule has 0 aliphatic carbocycles. The number of nitrogens with zero attached hydrogens (tertiary/aromatic N) is 3. The summed E-state index contributed by atoms with van der Waals surface area (Å²) >= 11 is 0. The van der Waals surface area contributed by atoms with Crippen molar-refractivity contribution in [2.45, 2.75) is 19.9 Å². The van der Waals surface area contributed by atoms with E-state index in [4.69, 9.17) is 0 Å². The lowest BCUT2D eigenvalue weighted by Crippen LogP contribution is -2.28. The lowest BCUT2D eigenvalue weighted by molar-refractivity contribution is -0.121. The summed E-state index contributed by atoms with van der Waals surface area (Å²) < 4.78 is 14.2. The Morgan fingerprint density at radius 3 is 2.59 bits per heavy atom. The van der Waals surface area contributed by atoms with Crippen LogP contribution >= 0.6 is 0 Å². The highest BCUT2D eigenvalue weighted by Gasteiger charge is 2.21. The maximum atomic E-state index is 13.0. The van der Waals surface area contributed by atoms with Gasteiger partial charge in [0.2, 0.25) is 5.91 Å². The van der Waals surface area contributed by atoms with Gasteiger partial charge in [-0.3, -0.25) is 4.79 Å². The summed E-state index contributed by atoms with van der Waals surface area (Å²) in [5.74, 6) is -2.01. The second-order valence-corrected chi connectivity index (χ2v) is 4.61. The molecule has 8 heteroatoms. The third-order valence-electron chi connectivity index (χ3n) is 2.92. The van der Waals surface area contributed by atoms with Gasteiger partial charge < -0.3 is 10.4 Å². The van der Waals surface area contributed by atoms with Crippen LogP contribution in [-0.2, 0) is 11.3 Å². The van der Waals surface area contributed by atoms with E-state index in [2.05, 4.69) is 15.6 Å². The van der Waals surface area contributed by atoms with Crippen LogP contribution in [0.1, 0.15) is 23.8 Å². The number of benzene rings is 1. The maximum absolute atomic E-state index is 13.0. The third-order valence-corrected chi connectivity index (χ3v) is 2.92. The van der Waals surface area contributed by atoms with Gasteiger partial charge in [0.25, 0.3) is 0 Å². The summed E-state index contributed by atoms with van der Waals surface area (Å²) in [7, 11) is 0. The molecule has 0 aliphatic rings. The molecule has 0 spiro atoms. The molecule has 0 fully saturated rings. The Labute approximate surface area is 125 Å². The van der Waals surface area contributed by atoms with E-state index in [1.54, 1.807) is 0 Å². The first-order valence-corrected chi connectivity index (χ1v) is 6.72. The van der Waals surface area contributed by atoms with E-state index < -0.39 is 11.8 Å². The van der Waals surface area contributed by atoms with E-state index in [-0.39, 0.29) is 23.8 Å². The fraction of sp³-hybridized carbons (Fsp3) is 0.286. The van der Waals surface area contributed by atoms with Crippen molar-refractivity contribution in [3.8, 4) is 11.3 Å². The lowest BCUT2D eigenvalue weighted by atomic mass is 10.1. The normalized spacial score (nSPS) is 10.5. The van der Waals surface area contributed by atoms with E-state index >= 15 is 0 Å². The zero-order valence-electron chi connectivity index (χ0n) is 11.9. The van der Waals surface area contributed by atoms with Crippen LogP contribution < -0.4 is 5.32 Å². The molecule has 1 aromatic heterocycles. The van der Waals surface area contributed by atoms with Crippen molar-refractivity contribution >= 4 is 11.9 Å². The summed E-state index contributed by atoms with van der Waals surface area (Å²) in [6, 6.07) is 5.24. The Morgan fingerprint density at radius 2 is 2.00 bits per heavy atom. The molecular formula is C14H15FN4O3. The van der Waals surface area contributed by atoms with Crippen molar-refractivity contribution < 1.29 is 19.1 Å². The fourth-order valence-electron chi connectivity index (χ4n) is 1.92. The van der Waals surface area contributed by atoms with Crippen LogP contribution in [0.2, 0.25) is 0 Å². The molecule has 0 saturated heterocycles. The number of carbonyl (C=O) groups excluding carboxylic acids is 1. The molecular weight excluding hydrogens is 291 g/mol. The van der Waals surface area contributed by atoms with Crippen molar-refractivity contribution in [3.05, 3.63) is 35.8 Å². The average molecular weight is 306 g/mol. The molecule has 0 bridgehead atoms. The molecule has 2 N–H and O–H groups in total. The van der Waals surface area contributed by atoms with E-state index in [0.29, 0.717) is 12.1 Å². The number of carboxylic acids is 1. The second-order valence-electron chi connectivity index (χ2n) is 4.61. The zero-order valence-corrected chi connectivity index (χ0v) is 11.9. The number of carboxylic acid groups (broad SMARTS) is 1. The predicted molar refractivity (Wildman–Crippen MR) is 75.7 cm³/mol. The maximum Gasteiger partial charge on any atom is 0.358 e. The number of carbonyl (C=O) groups is 2. The number of rotatable bonds is 6. The standard InChI is InChI=1S/C14H15FN4O3/c1-2-7-16-11(20)8-19-13(12(14(21)22)17-18-19)9-3-5-10(15)6-4-9/h3-6H,2,7-8H2,1H3,(H,16,20)(H,21,22). The molecule has 0 radical (unpaired) electrons. The van der Waals surface area contributed by atoms with Gasteiger partial charge in [-0.25, -0.2) is 13.9 Å². The minimum absolute atomic E-state index is 0.160. The molecule has 2 aromatic rings. The van der Waals surface area contributed by atoms with Crippen LogP contribution in [0.25, 0.3) is 11.3 Å². The number of aromatic nitrogens is 3. The van der Waals surface area contributed by atoms with E-state index in [9.17, 15) is 19.1 Å². The number of hydrogen-bond acceptors (Lipinski definition) is 4. The van der Waals surface area contributed by atoms with Crippen LogP contribution in [0, 0.1) is 5.82 Å². The van der Waals surface area contributed by atoms with Crippen LogP contribution in [0.15, 0.2) is 24.3 Å². The molecule has 1 aromatic carbocycles. The number of amides is 1. The highest BCUT2D eigenvalue weighted by molar-refractivity contribution is 5.93. The van der Waals surface area contributed by atoms with Crippen LogP contribution in [0.3, 0.4) is 0 Å². The number of aromatic carboxylic acids is 1. The number of halogens is 1. The van der Waals surface area contributed by atoms with E-state index in [1.165, 1.54) is 28.9 Å². The summed E-state index contributed by atoms with van der Waals surface area (Å²) in [6.07, 6.45) is 0.786. The lowest BCUT2D eigenvalue weighted by Gasteiger charge is -2.08. The van der Waals surface area contributed by atoms with Crippen molar-refractivity contribution in [1.29, 1.82) is 0 Å². The monoisotopic (exact) mass is 306 g/mol. The number of hydrogen-bond donors (Lipinski definition) is 2. The summed E-state index contributed by atoms with van der Waals surface area (Å²) in [6.45, 7) is 2.28. The Hall–Kier alpha value is -2.77. The molecule has 2 rings (SSSR count). The Bertz CT molecular complexity index is 682. The van der Waals surface area contributed by atoms with E-state index in [1.807, 2.05) is 6.92 Å². The first-order chi connectivity index (χ1) is 10.5. The van der Waals surface area contributed by atoms with Crippen molar-refractivity contribution in [1.82, 2.24) is 20.3 Å². The van der Waals surface area contributed by atoms with Gasteiger partial charge in [-0.15, -0.1) is 5.10 Å². The van der Waals surface area contributed by atoms with Gasteiger partial charge in [-0.2, -0.15) is 0 Å². The van der Waals surface area contributed by atoms with E-state index in [0.717, 1.165) is 6.42 Å². The molecule has 0 aliphatic heterocycles. The van der Waals surface area contributed by atoms with Gasteiger partial charge in [0, 0.05) is 12.1 Å². The minimum atomic E-state index is -1.26.